The van der Waals surface area contributed by atoms with Crippen LogP contribution >= 0.6 is 23.2 Å². The summed E-state index contributed by atoms with van der Waals surface area (Å²) in [5, 5.41) is 12.0. The summed E-state index contributed by atoms with van der Waals surface area (Å²) >= 11 is 12.5. The summed E-state index contributed by atoms with van der Waals surface area (Å²) in [5.74, 6) is -0.961. The van der Waals surface area contributed by atoms with Gasteiger partial charge in [0.15, 0.2) is 0 Å². The number of carboxylic acid groups (broad SMARTS) is 1. The van der Waals surface area contributed by atoms with Gasteiger partial charge in [0.05, 0.1) is 5.56 Å². The fourth-order valence-corrected chi connectivity index (χ4v) is 2.98. The lowest BCUT2D eigenvalue weighted by Gasteiger charge is -2.11. The van der Waals surface area contributed by atoms with E-state index in [1.807, 2.05) is 18.2 Å². The summed E-state index contributed by atoms with van der Waals surface area (Å²) < 4.78 is 0. The van der Waals surface area contributed by atoms with Crippen LogP contribution in [-0.4, -0.2) is 11.1 Å². The lowest BCUT2D eigenvalue weighted by Crippen LogP contribution is -1.96. The lowest BCUT2D eigenvalue weighted by atomic mass is 9.96. The van der Waals surface area contributed by atoms with Crippen molar-refractivity contribution in [3.05, 3.63) is 70.2 Å². The van der Waals surface area contributed by atoms with Crippen LogP contribution < -0.4 is 0 Å². The highest BCUT2D eigenvalue weighted by Gasteiger charge is 2.13. The summed E-state index contributed by atoms with van der Waals surface area (Å²) in [6.45, 7) is 0. The quantitative estimate of drug-likeness (QED) is 0.676. The number of carboxylic acids is 1. The minimum Gasteiger partial charge on any atom is -0.478 e. The summed E-state index contributed by atoms with van der Waals surface area (Å²) in [6, 6.07) is 16.0. The highest BCUT2D eigenvalue weighted by atomic mass is 35.5. The van der Waals surface area contributed by atoms with E-state index in [9.17, 15) is 4.79 Å². The van der Waals surface area contributed by atoms with Crippen molar-refractivity contribution in [3.8, 4) is 11.1 Å². The van der Waals surface area contributed by atoms with Crippen LogP contribution in [0.5, 0.6) is 0 Å². The van der Waals surface area contributed by atoms with Crippen LogP contribution in [0.1, 0.15) is 10.4 Å². The molecule has 0 aliphatic carbocycles. The van der Waals surface area contributed by atoms with Gasteiger partial charge >= 0.3 is 5.97 Å². The van der Waals surface area contributed by atoms with E-state index < -0.39 is 5.97 Å². The summed E-state index contributed by atoms with van der Waals surface area (Å²) in [4.78, 5) is 11.2. The predicted octanol–water partition coefficient (Wildman–Crippen LogP) is 5.51. The molecule has 0 aromatic heterocycles. The van der Waals surface area contributed by atoms with Crippen molar-refractivity contribution in [2.45, 2.75) is 0 Å². The third kappa shape index (κ3) is 2.48. The van der Waals surface area contributed by atoms with Crippen molar-refractivity contribution >= 4 is 39.9 Å². The molecular formula is C17H10Cl2O2. The Bertz CT molecular complexity index is 836. The van der Waals surface area contributed by atoms with Crippen molar-refractivity contribution in [3.63, 3.8) is 0 Å². The molecule has 104 valence electrons. The first kappa shape index (κ1) is 13.9. The predicted molar refractivity (Wildman–Crippen MR) is 86.4 cm³/mol. The van der Waals surface area contributed by atoms with Gasteiger partial charge in [-0.3, -0.25) is 0 Å². The van der Waals surface area contributed by atoms with Gasteiger partial charge in [0.25, 0.3) is 0 Å². The van der Waals surface area contributed by atoms with Gasteiger partial charge < -0.3 is 5.11 Å². The fraction of sp³-hybridized carbons (Fsp3) is 0. The Balaban J connectivity index is 2.37. The maximum Gasteiger partial charge on any atom is 0.335 e. The van der Waals surface area contributed by atoms with E-state index in [4.69, 9.17) is 28.3 Å². The molecule has 0 aliphatic heterocycles. The Hall–Kier alpha value is -2.03. The van der Waals surface area contributed by atoms with E-state index >= 15 is 0 Å². The number of carbonyl (C=O) groups is 1. The molecule has 4 heteroatoms. The Kier molecular flexibility index (Phi) is 3.58. The molecule has 0 atom stereocenters. The van der Waals surface area contributed by atoms with Crippen molar-refractivity contribution in [1.82, 2.24) is 0 Å². The average Bonchev–Trinajstić information content (AvgIpc) is 2.46. The zero-order valence-corrected chi connectivity index (χ0v) is 12.3. The first-order valence-electron chi connectivity index (χ1n) is 6.28. The molecule has 0 unspecified atom stereocenters. The molecule has 0 fully saturated rings. The smallest absolute Gasteiger partial charge is 0.335 e. The van der Waals surface area contributed by atoms with Gasteiger partial charge in [-0.05, 0) is 40.6 Å². The van der Waals surface area contributed by atoms with Gasteiger partial charge in [-0.25, -0.2) is 4.79 Å². The monoisotopic (exact) mass is 316 g/mol. The first-order valence-corrected chi connectivity index (χ1v) is 7.04. The van der Waals surface area contributed by atoms with Crippen molar-refractivity contribution in [2.75, 3.05) is 0 Å². The van der Waals surface area contributed by atoms with Gasteiger partial charge in [-0.15, -0.1) is 0 Å². The third-order valence-electron chi connectivity index (χ3n) is 3.36. The second kappa shape index (κ2) is 5.40. The van der Waals surface area contributed by atoms with Crippen molar-refractivity contribution < 1.29 is 9.90 Å². The molecule has 0 spiro atoms. The van der Waals surface area contributed by atoms with Gasteiger partial charge in [0.2, 0.25) is 0 Å². The number of halogens is 2. The number of aromatic carboxylic acids is 1. The Morgan fingerprint density at radius 3 is 2.24 bits per heavy atom. The molecule has 3 rings (SSSR count). The molecule has 21 heavy (non-hydrogen) atoms. The molecule has 1 N–H and O–H groups in total. The number of fused-ring (bicyclic) bond motifs is 1. The molecule has 0 saturated carbocycles. The van der Waals surface area contributed by atoms with E-state index in [1.165, 1.54) is 0 Å². The van der Waals surface area contributed by atoms with E-state index in [2.05, 4.69) is 0 Å². The molecule has 0 bridgehead atoms. The lowest BCUT2D eigenvalue weighted by molar-refractivity contribution is 0.0697. The SMILES string of the molecule is O=C(O)c1ccc2cccc(-c3c(Cl)cccc3Cl)c2c1. The van der Waals surface area contributed by atoms with Gasteiger partial charge in [0, 0.05) is 15.6 Å². The summed E-state index contributed by atoms with van der Waals surface area (Å²) in [5.41, 5.74) is 1.78. The second-order valence-electron chi connectivity index (χ2n) is 4.64. The van der Waals surface area contributed by atoms with Crippen LogP contribution in [0.15, 0.2) is 54.6 Å². The van der Waals surface area contributed by atoms with E-state index in [-0.39, 0.29) is 5.56 Å². The molecule has 3 aromatic rings. The Morgan fingerprint density at radius 2 is 1.57 bits per heavy atom. The molecule has 0 heterocycles. The molecule has 0 saturated heterocycles. The molecule has 0 amide bonds. The van der Waals surface area contributed by atoms with E-state index in [0.717, 1.165) is 16.3 Å². The largest absolute Gasteiger partial charge is 0.478 e. The number of rotatable bonds is 2. The number of hydrogen-bond acceptors (Lipinski definition) is 1. The van der Waals surface area contributed by atoms with Crippen LogP contribution in [0.25, 0.3) is 21.9 Å². The van der Waals surface area contributed by atoms with Crippen molar-refractivity contribution in [2.24, 2.45) is 0 Å². The Labute approximate surface area is 131 Å². The standard InChI is InChI=1S/C17H10Cl2O2/c18-14-5-2-6-15(19)16(14)12-4-1-3-10-7-8-11(17(20)21)9-13(10)12/h1-9H,(H,20,21). The normalized spacial score (nSPS) is 10.8. The zero-order chi connectivity index (χ0) is 15.0. The number of benzene rings is 3. The van der Waals surface area contributed by atoms with Gasteiger partial charge in [-0.2, -0.15) is 0 Å². The second-order valence-corrected chi connectivity index (χ2v) is 5.46. The van der Waals surface area contributed by atoms with Gasteiger partial charge in [-0.1, -0.05) is 53.5 Å². The molecular weight excluding hydrogens is 307 g/mol. The summed E-state index contributed by atoms with van der Waals surface area (Å²) in [7, 11) is 0. The van der Waals surface area contributed by atoms with Crippen molar-refractivity contribution in [1.29, 1.82) is 0 Å². The molecule has 0 aliphatic rings. The summed E-state index contributed by atoms with van der Waals surface area (Å²) in [6.07, 6.45) is 0. The average molecular weight is 317 g/mol. The molecule has 3 aromatic carbocycles. The van der Waals surface area contributed by atoms with E-state index in [1.54, 1.807) is 36.4 Å². The topological polar surface area (TPSA) is 37.3 Å². The maximum atomic E-state index is 11.2. The Morgan fingerprint density at radius 1 is 0.905 bits per heavy atom. The van der Waals surface area contributed by atoms with Crippen LogP contribution in [0.3, 0.4) is 0 Å². The highest BCUT2D eigenvalue weighted by molar-refractivity contribution is 6.39. The highest BCUT2D eigenvalue weighted by Crippen LogP contribution is 2.38. The molecule has 2 nitrogen and oxygen atoms in total. The third-order valence-corrected chi connectivity index (χ3v) is 3.99. The van der Waals surface area contributed by atoms with Crippen LogP contribution in [0, 0.1) is 0 Å². The first-order chi connectivity index (χ1) is 10.1. The van der Waals surface area contributed by atoms with E-state index in [0.29, 0.717) is 15.6 Å². The van der Waals surface area contributed by atoms with Crippen LogP contribution in [0.4, 0.5) is 0 Å². The zero-order valence-electron chi connectivity index (χ0n) is 10.8. The maximum absolute atomic E-state index is 11.2. The minimum atomic E-state index is -0.961. The van der Waals surface area contributed by atoms with Crippen LogP contribution in [-0.2, 0) is 0 Å². The minimum absolute atomic E-state index is 0.234. The number of hydrogen-bond donors (Lipinski definition) is 1. The van der Waals surface area contributed by atoms with Crippen LogP contribution in [0.2, 0.25) is 10.0 Å². The molecule has 0 radical (unpaired) electrons. The van der Waals surface area contributed by atoms with Gasteiger partial charge in [0.1, 0.15) is 0 Å². The fourth-order valence-electron chi connectivity index (χ4n) is 2.38.